The van der Waals surface area contributed by atoms with Crippen LogP contribution in [0.2, 0.25) is 0 Å². The number of nitrogens with one attached hydrogen (secondary N) is 1. The molecule has 0 saturated carbocycles. The maximum absolute atomic E-state index is 13.2. The van der Waals surface area contributed by atoms with Gasteiger partial charge in [0, 0.05) is 11.6 Å². The van der Waals surface area contributed by atoms with Crippen LogP contribution < -0.4 is 14.2 Å². The zero-order valence-electron chi connectivity index (χ0n) is 17.7. The highest BCUT2D eigenvalue weighted by atomic mass is 32.2. The van der Waals surface area contributed by atoms with Gasteiger partial charge in [0.25, 0.3) is 15.9 Å². The largest absolute Gasteiger partial charge is 0.497 e. The number of nitrogens with zero attached hydrogens (tertiary/aromatic N) is 2. The lowest BCUT2D eigenvalue weighted by Gasteiger charge is -2.14. The molecule has 8 nitrogen and oxygen atoms in total. The predicted molar refractivity (Wildman–Crippen MR) is 120 cm³/mol. The first-order chi connectivity index (χ1) is 15.4. The number of hydrogen-bond donors (Lipinski definition) is 1. The average molecular weight is 452 g/mol. The van der Waals surface area contributed by atoms with Gasteiger partial charge in [-0.3, -0.25) is 4.72 Å². The summed E-state index contributed by atoms with van der Waals surface area (Å²) in [5, 5.41) is 4.01. The Morgan fingerprint density at radius 3 is 2.41 bits per heavy atom. The van der Waals surface area contributed by atoms with Crippen molar-refractivity contribution in [1.82, 2.24) is 10.1 Å². The monoisotopic (exact) mass is 451 g/mol. The Labute approximate surface area is 185 Å². The minimum atomic E-state index is -4.00. The van der Waals surface area contributed by atoms with E-state index >= 15 is 0 Å². The Bertz CT molecular complexity index is 1350. The SMILES string of the molecule is COc1ccc(NS(=O)(=O)c2ccccc2-c2nc(-c3ccc(C)cc3)no2)c(OC)c1. The van der Waals surface area contributed by atoms with Gasteiger partial charge in [0.05, 0.1) is 25.5 Å². The molecule has 164 valence electrons. The van der Waals surface area contributed by atoms with Crippen molar-refractivity contribution in [3.8, 4) is 34.3 Å². The first kappa shape index (κ1) is 21.4. The van der Waals surface area contributed by atoms with Gasteiger partial charge in [-0.2, -0.15) is 4.98 Å². The zero-order chi connectivity index (χ0) is 22.7. The van der Waals surface area contributed by atoms with Crippen molar-refractivity contribution < 1.29 is 22.4 Å². The Morgan fingerprint density at radius 1 is 0.938 bits per heavy atom. The van der Waals surface area contributed by atoms with Crippen LogP contribution in [0.1, 0.15) is 5.56 Å². The van der Waals surface area contributed by atoms with E-state index in [4.69, 9.17) is 14.0 Å². The molecule has 0 aliphatic heterocycles. The summed E-state index contributed by atoms with van der Waals surface area (Å²) in [6, 6.07) is 18.9. The van der Waals surface area contributed by atoms with Gasteiger partial charge in [0.15, 0.2) is 0 Å². The zero-order valence-corrected chi connectivity index (χ0v) is 18.5. The maximum atomic E-state index is 13.2. The van der Waals surface area contributed by atoms with Crippen molar-refractivity contribution in [3.63, 3.8) is 0 Å². The normalized spacial score (nSPS) is 11.2. The van der Waals surface area contributed by atoms with Crippen molar-refractivity contribution in [2.24, 2.45) is 0 Å². The molecule has 0 radical (unpaired) electrons. The lowest BCUT2D eigenvalue weighted by atomic mass is 10.1. The van der Waals surface area contributed by atoms with Crippen LogP contribution in [-0.4, -0.2) is 32.8 Å². The smallest absolute Gasteiger partial charge is 0.262 e. The van der Waals surface area contributed by atoms with Gasteiger partial charge in [0.1, 0.15) is 16.4 Å². The summed E-state index contributed by atoms with van der Waals surface area (Å²) in [5.74, 6) is 1.34. The third-order valence-corrected chi connectivity index (χ3v) is 6.22. The second kappa shape index (κ2) is 8.72. The molecule has 0 amide bonds. The topological polar surface area (TPSA) is 104 Å². The molecule has 0 fully saturated rings. The number of methoxy groups -OCH3 is 2. The van der Waals surface area contributed by atoms with Gasteiger partial charge in [0.2, 0.25) is 5.82 Å². The summed E-state index contributed by atoms with van der Waals surface area (Å²) in [5.41, 5.74) is 2.44. The van der Waals surface area contributed by atoms with Crippen molar-refractivity contribution in [2.45, 2.75) is 11.8 Å². The quantitative estimate of drug-likeness (QED) is 0.440. The second-order valence-corrected chi connectivity index (χ2v) is 8.61. The number of anilines is 1. The predicted octanol–water partition coefficient (Wildman–Crippen LogP) is 4.53. The van der Waals surface area contributed by atoms with Gasteiger partial charge < -0.3 is 14.0 Å². The number of aryl methyl sites for hydroxylation is 1. The van der Waals surface area contributed by atoms with Crippen LogP contribution in [0.15, 0.2) is 76.1 Å². The first-order valence-electron chi connectivity index (χ1n) is 9.66. The molecule has 3 aromatic carbocycles. The molecule has 1 N–H and O–H groups in total. The number of sulfonamides is 1. The molecule has 1 aromatic heterocycles. The van der Waals surface area contributed by atoms with Crippen LogP contribution >= 0.6 is 0 Å². The first-order valence-corrected chi connectivity index (χ1v) is 11.1. The van der Waals surface area contributed by atoms with E-state index in [2.05, 4.69) is 14.9 Å². The van der Waals surface area contributed by atoms with E-state index in [0.29, 0.717) is 22.9 Å². The number of hydrogen-bond acceptors (Lipinski definition) is 7. The summed E-state index contributed by atoms with van der Waals surface area (Å²) >= 11 is 0. The van der Waals surface area contributed by atoms with E-state index in [9.17, 15) is 8.42 Å². The highest BCUT2D eigenvalue weighted by Crippen LogP contribution is 2.33. The molecular formula is C23H21N3O5S. The van der Waals surface area contributed by atoms with Crippen LogP contribution in [-0.2, 0) is 10.0 Å². The molecule has 0 spiro atoms. The lowest BCUT2D eigenvalue weighted by Crippen LogP contribution is -2.14. The fourth-order valence-electron chi connectivity index (χ4n) is 3.11. The van der Waals surface area contributed by atoms with E-state index < -0.39 is 10.0 Å². The molecule has 0 aliphatic carbocycles. The number of benzene rings is 3. The Hall–Kier alpha value is -3.85. The molecule has 0 atom stereocenters. The third-order valence-electron chi connectivity index (χ3n) is 4.80. The summed E-state index contributed by atoms with van der Waals surface area (Å²) in [7, 11) is -1.04. The van der Waals surface area contributed by atoms with Crippen LogP contribution in [0.3, 0.4) is 0 Å². The fraction of sp³-hybridized carbons (Fsp3) is 0.130. The third kappa shape index (κ3) is 4.28. The number of aromatic nitrogens is 2. The Morgan fingerprint density at radius 2 is 1.69 bits per heavy atom. The Kier molecular flexibility index (Phi) is 5.83. The van der Waals surface area contributed by atoms with Gasteiger partial charge in [-0.05, 0) is 31.2 Å². The fourth-order valence-corrected chi connectivity index (χ4v) is 4.38. The molecule has 0 bridgehead atoms. The summed E-state index contributed by atoms with van der Waals surface area (Å²) < 4.78 is 44.9. The minimum absolute atomic E-state index is 0.00280. The number of ether oxygens (including phenoxy) is 2. The molecule has 4 aromatic rings. The highest BCUT2D eigenvalue weighted by molar-refractivity contribution is 7.92. The van der Waals surface area contributed by atoms with Crippen LogP contribution in [0, 0.1) is 6.92 Å². The molecule has 4 rings (SSSR count). The van der Waals surface area contributed by atoms with Crippen molar-refractivity contribution >= 4 is 15.7 Å². The van der Waals surface area contributed by atoms with E-state index in [-0.39, 0.29) is 16.5 Å². The summed E-state index contributed by atoms with van der Waals surface area (Å²) in [6.07, 6.45) is 0. The van der Waals surface area contributed by atoms with Crippen molar-refractivity contribution in [3.05, 3.63) is 72.3 Å². The molecule has 32 heavy (non-hydrogen) atoms. The molecule has 0 unspecified atom stereocenters. The highest BCUT2D eigenvalue weighted by Gasteiger charge is 2.24. The molecule has 0 saturated heterocycles. The Balaban J connectivity index is 1.70. The molecule has 0 aliphatic rings. The van der Waals surface area contributed by atoms with E-state index in [0.717, 1.165) is 11.1 Å². The summed E-state index contributed by atoms with van der Waals surface area (Å²) in [4.78, 5) is 4.40. The van der Waals surface area contributed by atoms with E-state index in [1.54, 1.807) is 36.4 Å². The standard InChI is InChI=1S/C23H21N3O5S/c1-15-8-10-16(11-9-15)22-24-23(31-25-22)18-6-4-5-7-21(18)32(27,28)26-19-13-12-17(29-2)14-20(19)30-3/h4-14,26H,1-3H3. The van der Waals surface area contributed by atoms with Crippen molar-refractivity contribution in [2.75, 3.05) is 18.9 Å². The van der Waals surface area contributed by atoms with Crippen molar-refractivity contribution in [1.29, 1.82) is 0 Å². The maximum Gasteiger partial charge on any atom is 0.262 e. The molecular weight excluding hydrogens is 430 g/mol. The van der Waals surface area contributed by atoms with E-state index in [1.165, 1.54) is 20.3 Å². The molecule has 1 heterocycles. The average Bonchev–Trinajstić information content (AvgIpc) is 3.30. The van der Waals surface area contributed by atoms with Gasteiger partial charge in [-0.15, -0.1) is 0 Å². The van der Waals surface area contributed by atoms with E-state index in [1.807, 2.05) is 31.2 Å². The second-order valence-electron chi connectivity index (χ2n) is 6.96. The lowest BCUT2D eigenvalue weighted by molar-refractivity contribution is 0.395. The van der Waals surface area contributed by atoms with Gasteiger partial charge >= 0.3 is 0 Å². The van der Waals surface area contributed by atoms with Crippen LogP contribution in [0.25, 0.3) is 22.8 Å². The minimum Gasteiger partial charge on any atom is -0.497 e. The summed E-state index contributed by atoms with van der Waals surface area (Å²) in [6.45, 7) is 1.98. The molecule has 9 heteroatoms. The van der Waals surface area contributed by atoms with Crippen LogP contribution in [0.4, 0.5) is 5.69 Å². The van der Waals surface area contributed by atoms with Gasteiger partial charge in [-0.25, -0.2) is 8.42 Å². The van der Waals surface area contributed by atoms with Crippen LogP contribution in [0.5, 0.6) is 11.5 Å². The number of rotatable bonds is 7. The van der Waals surface area contributed by atoms with Gasteiger partial charge in [-0.1, -0.05) is 47.1 Å².